The van der Waals surface area contributed by atoms with Crippen molar-refractivity contribution >= 4 is 44.5 Å². The van der Waals surface area contributed by atoms with Gasteiger partial charge >= 0.3 is 0 Å². The molecule has 1 fully saturated rings. The van der Waals surface area contributed by atoms with E-state index in [1.807, 2.05) is 36.6 Å². The summed E-state index contributed by atoms with van der Waals surface area (Å²) in [6.45, 7) is 5.73. The number of halogens is 1. The van der Waals surface area contributed by atoms with Gasteiger partial charge in [0.15, 0.2) is 0 Å². The summed E-state index contributed by atoms with van der Waals surface area (Å²) in [6.07, 6.45) is 2.29. The zero-order valence-corrected chi connectivity index (χ0v) is 19.1. The fraction of sp³-hybridized carbons (Fsp3) is 0.348. The number of carbonyl (C=O) groups excluding carboxylic acids is 1. The number of nitrogens with zero attached hydrogens (tertiary/aromatic N) is 2. The Balaban J connectivity index is 1.52. The van der Waals surface area contributed by atoms with Gasteiger partial charge in [-0.15, -0.1) is 11.8 Å². The van der Waals surface area contributed by atoms with Crippen LogP contribution in [-0.2, 0) is 21.8 Å². The molecule has 2 heterocycles. The molecule has 0 N–H and O–H groups in total. The van der Waals surface area contributed by atoms with E-state index in [0.29, 0.717) is 19.6 Å². The molecule has 152 valence electrons. The van der Waals surface area contributed by atoms with E-state index in [-0.39, 0.29) is 18.1 Å². The van der Waals surface area contributed by atoms with Crippen LogP contribution in [0.4, 0.5) is 0 Å². The topological polar surface area (TPSA) is 34.5 Å². The molecule has 0 aliphatic carbocycles. The molecule has 6 heteroatoms. The van der Waals surface area contributed by atoms with E-state index < -0.39 is 0 Å². The van der Waals surface area contributed by atoms with Crippen molar-refractivity contribution in [3.05, 3.63) is 64.8 Å². The SMILES string of the molecule is CC1CN(C(=O)Cn2cc(SCc3ccc(Br)cc3)c3ccccc32)CC(C)O1. The highest BCUT2D eigenvalue weighted by molar-refractivity contribution is 9.10. The lowest BCUT2D eigenvalue weighted by molar-refractivity contribution is -0.143. The number of aromatic nitrogens is 1. The molecule has 4 rings (SSSR count). The van der Waals surface area contributed by atoms with E-state index >= 15 is 0 Å². The maximum absolute atomic E-state index is 13.0. The van der Waals surface area contributed by atoms with E-state index in [2.05, 4.69) is 69.2 Å². The van der Waals surface area contributed by atoms with Crippen molar-refractivity contribution in [2.24, 2.45) is 0 Å². The summed E-state index contributed by atoms with van der Waals surface area (Å²) in [5.41, 5.74) is 2.39. The monoisotopic (exact) mass is 472 g/mol. The Bertz CT molecular complexity index is 992. The number of benzene rings is 2. The highest BCUT2D eigenvalue weighted by atomic mass is 79.9. The number of thioether (sulfide) groups is 1. The highest BCUT2D eigenvalue weighted by Crippen LogP contribution is 2.32. The van der Waals surface area contributed by atoms with Crippen LogP contribution in [0.2, 0.25) is 0 Å². The van der Waals surface area contributed by atoms with Crippen molar-refractivity contribution in [3.63, 3.8) is 0 Å². The first-order valence-electron chi connectivity index (χ1n) is 9.88. The molecule has 1 amide bonds. The predicted molar refractivity (Wildman–Crippen MR) is 122 cm³/mol. The second-order valence-electron chi connectivity index (χ2n) is 7.61. The largest absolute Gasteiger partial charge is 0.372 e. The Morgan fingerprint density at radius 3 is 2.52 bits per heavy atom. The van der Waals surface area contributed by atoms with Gasteiger partial charge in [-0.05, 0) is 37.6 Å². The average Bonchev–Trinajstić information content (AvgIpc) is 3.04. The van der Waals surface area contributed by atoms with Gasteiger partial charge in [0.1, 0.15) is 6.54 Å². The summed E-state index contributed by atoms with van der Waals surface area (Å²) in [5, 5.41) is 1.20. The summed E-state index contributed by atoms with van der Waals surface area (Å²) < 4.78 is 8.95. The van der Waals surface area contributed by atoms with Crippen LogP contribution >= 0.6 is 27.7 Å². The molecular formula is C23H25BrN2O2S. The van der Waals surface area contributed by atoms with Crippen LogP contribution in [0.25, 0.3) is 10.9 Å². The van der Waals surface area contributed by atoms with Crippen LogP contribution in [-0.4, -0.2) is 40.7 Å². The van der Waals surface area contributed by atoms with Gasteiger partial charge in [0.05, 0.1) is 12.2 Å². The van der Waals surface area contributed by atoms with Crippen molar-refractivity contribution in [3.8, 4) is 0 Å². The Hall–Kier alpha value is -1.76. The van der Waals surface area contributed by atoms with E-state index in [1.54, 1.807) is 0 Å². The second kappa shape index (κ2) is 8.94. The minimum absolute atomic E-state index is 0.0844. The molecule has 2 aromatic carbocycles. The third-order valence-corrected chi connectivity index (χ3v) is 6.78. The first kappa shape index (κ1) is 20.5. The lowest BCUT2D eigenvalue weighted by Crippen LogP contribution is -2.49. The summed E-state index contributed by atoms with van der Waals surface area (Å²) in [4.78, 5) is 16.1. The molecule has 2 unspecified atom stereocenters. The van der Waals surface area contributed by atoms with Crippen molar-refractivity contribution in [2.45, 2.75) is 43.2 Å². The van der Waals surface area contributed by atoms with Gasteiger partial charge in [-0.2, -0.15) is 0 Å². The highest BCUT2D eigenvalue weighted by Gasteiger charge is 2.26. The normalized spacial score (nSPS) is 19.6. The summed E-state index contributed by atoms with van der Waals surface area (Å²) in [7, 11) is 0. The smallest absolute Gasteiger partial charge is 0.242 e. The molecule has 29 heavy (non-hydrogen) atoms. The molecule has 3 aromatic rings. The zero-order chi connectivity index (χ0) is 20.4. The fourth-order valence-electron chi connectivity index (χ4n) is 3.83. The maximum atomic E-state index is 13.0. The van der Waals surface area contributed by atoms with Crippen molar-refractivity contribution in [1.29, 1.82) is 0 Å². The molecule has 1 saturated heterocycles. The van der Waals surface area contributed by atoms with Gasteiger partial charge in [-0.3, -0.25) is 4.79 Å². The van der Waals surface area contributed by atoms with Crippen LogP contribution in [0.15, 0.2) is 64.1 Å². The van der Waals surface area contributed by atoms with Gasteiger partial charge in [0.25, 0.3) is 0 Å². The number of rotatable bonds is 5. The number of morpholine rings is 1. The van der Waals surface area contributed by atoms with E-state index in [1.165, 1.54) is 15.8 Å². The Kier molecular flexibility index (Phi) is 6.32. The van der Waals surface area contributed by atoms with E-state index in [9.17, 15) is 4.79 Å². The molecule has 1 aromatic heterocycles. The maximum Gasteiger partial charge on any atom is 0.242 e. The lowest BCUT2D eigenvalue weighted by atomic mass is 10.2. The first-order chi connectivity index (χ1) is 14.0. The summed E-state index contributed by atoms with van der Waals surface area (Å²) in [5.74, 6) is 1.05. The molecule has 1 aliphatic rings. The lowest BCUT2D eigenvalue weighted by Gasteiger charge is -2.35. The molecule has 2 atom stereocenters. The third kappa shape index (κ3) is 4.87. The quantitative estimate of drug-likeness (QED) is 0.470. The molecule has 1 aliphatic heterocycles. The molecule has 0 bridgehead atoms. The predicted octanol–water partition coefficient (Wildman–Crippen LogP) is 5.33. The van der Waals surface area contributed by atoms with E-state index in [4.69, 9.17) is 4.74 Å². The number of hydrogen-bond acceptors (Lipinski definition) is 3. The minimum atomic E-state index is 0.0844. The fourth-order valence-corrected chi connectivity index (χ4v) is 5.14. The van der Waals surface area contributed by atoms with Crippen LogP contribution in [0.1, 0.15) is 19.4 Å². The van der Waals surface area contributed by atoms with Crippen LogP contribution in [0.3, 0.4) is 0 Å². The summed E-state index contributed by atoms with van der Waals surface area (Å²) >= 11 is 5.30. The van der Waals surface area contributed by atoms with Crippen molar-refractivity contribution in [2.75, 3.05) is 13.1 Å². The Morgan fingerprint density at radius 1 is 1.10 bits per heavy atom. The number of amides is 1. The number of hydrogen-bond donors (Lipinski definition) is 0. The first-order valence-corrected chi connectivity index (χ1v) is 11.7. The minimum Gasteiger partial charge on any atom is -0.372 e. The molecular weight excluding hydrogens is 448 g/mol. The molecule has 4 nitrogen and oxygen atoms in total. The molecule has 0 radical (unpaired) electrons. The molecule has 0 spiro atoms. The Labute approximate surface area is 184 Å². The third-order valence-electron chi connectivity index (χ3n) is 5.14. The van der Waals surface area contributed by atoms with E-state index in [0.717, 1.165) is 15.7 Å². The van der Waals surface area contributed by atoms with Gasteiger partial charge in [-0.25, -0.2) is 0 Å². The number of carbonyl (C=O) groups is 1. The summed E-state index contributed by atoms with van der Waals surface area (Å²) in [6, 6.07) is 16.7. The van der Waals surface area contributed by atoms with Gasteiger partial charge in [0, 0.05) is 45.3 Å². The number of fused-ring (bicyclic) bond motifs is 1. The van der Waals surface area contributed by atoms with Crippen LogP contribution < -0.4 is 0 Å². The van der Waals surface area contributed by atoms with Crippen molar-refractivity contribution in [1.82, 2.24) is 9.47 Å². The van der Waals surface area contributed by atoms with Crippen LogP contribution in [0, 0.1) is 0 Å². The van der Waals surface area contributed by atoms with Crippen molar-refractivity contribution < 1.29 is 9.53 Å². The van der Waals surface area contributed by atoms with Gasteiger partial charge in [0.2, 0.25) is 5.91 Å². The Morgan fingerprint density at radius 2 is 1.79 bits per heavy atom. The van der Waals surface area contributed by atoms with Crippen LogP contribution in [0.5, 0.6) is 0 Å². The zero-order valence-electron chi connectivity index (χ0n) is 16.7. The second-order valence-corrected chi connectivity index (χ2v) is 9.54. The standard InChI is InChI=1S/C23H25BrN2O2S/c1-16-11-26(12-17(2)28-16)23(27)14-25-13-22(20-5-3-4-6-21(20)25)29-15-18-7-9-19(24)10-8-18/h3-10,13,16-17H,11-12,14-15H2,1-2H3. The number of para-hydroxylation sites is 1. The molecule has 0 saturated carbocycles. The average molecular weight is 473 g/mol. The number of ether oxygens (including phenoxy) is 1. The van der Waals surface area contributed by atoms with Gasteiger partial charge in [-0.1, -0.05) is 46.3 Å². The van der Waals surface area contributed by atoms with Gasteiger partial charge < -0.3 is 14.2 Å².